The maximum absolute atomic E-state index is 9.93. The van der Waals surface area contributed by atoms with Crippen LogP contribution in [0.4, 0.5) is 0 Å². The molecule has 2 bridgehead atoms. The molecular formula is C26H28N2O3. The SMILES string of the molecule is COC1[C@@H](C#N)CC2C3Cc4ccc(OCc5ccccc5)c5c4C2(CCN3C)[C@H]1O5. The highest BCUT2D eigenvalue weighted by molar-refractivity contribution is 5.61. The first-order chi connectivity index (χ1) is 15.2. The Balaban J connectivity index is 1.46. The van der Waals surface area contributed by atoms with Crippen LogP contribution in [0.5, 0.6) is 11.5 Å². The lowest BCUT2D eigenvalue weighted by Crippen LogP contribution is -2.68. The molecule has 2 fully saturated rings. The van der Waals surface area contributed by atoms with Crippen LogP contribution < -0.4 is 9.47 Å². The van der Waals surface area contributed by atoms with Gasteiger partial charge in [0.1, 0.15) is 18.8 Å². The Morgan fingerprint density at radius 1 is 1.23 bits per heavy atom. The Bertz CT molecular complexity index is 1050. The van der Waals surface area contributed by atoms with Crippen molar-refractivity contribution in [2.24, 2.45) is 11.8 Å². The molecule has 4 unspecified atom stereocenters. The molecule has 0 N–H and O–H groups in total. The van der Waals surface area contributed by atoms with Gasteiger partial charge >= 0.3 is 0 Å². The molecular weight excluding hydrogens is 388 g/mol. The van der Waals surface area contributed by atoms with Gasteiger partial charge in [-0.3, -0.25) is 0 Å². The number of ether oxygens (including phenoxy) is 3. The third-order valence-electron chi connectivity index (χ3n) is 8.30. The fourth-order valence-electron chi connectivity index (χ4n) is 6.94. The maximum atomic E-state index is 9.93. The first kappa shape index (κ1) is 19.2. The highest BCUT2D eigenvalue weighted by atomic mass is 16.6. The minimum Gasteiger partial charge on any atom is -0.485 e. The van der Waals surface area contributed by atoms with E-state index in [1.807, 2.05) is 18.2 Å². The van der Waals surface area contributed by atoms with Gasteiger partial charge in [-0.05, 0) is 56.0 Å². The van der Waals surface area contributed by atoms with Gasteiger partial charge in [-0.1, -0.05) is 36.4 Å². The van der Waals surface area contributed by atoms with E-state index in [0.29, 0.717) is 18.6 Å². The number of likely N-dealkylation sites (tertiary alicyclic amines) is 1. The number of piperidine rings is 1. The molecule has 4 aliphatic rings. The normalized spacial score (nSPS) is 35.1. The standard InChI is InChI=1S/C26H28N2O3/c1-28-11-10-26-19-12-18(14-27)23(29-2)25(26)31-24-21(30-15-16-6-4-3-5-7-16)9-8-17(22(24)26)13-20(19)28/h3-9,18-20,23,25H,10-13,15H2,1-2H3/t18-,19?,20?,23?,25+,26?/m1/s1. The van der Waals surface area contributed by atoms with Crippen molar-refractivity contribution in [3.63, 3.8) is 0 Å². The predicted octanol–water partition coefficient (Wildman–Crippen LogP) is 3.70. The van der Waals surface area contributed by atoms with Crippen molar-refractivity contribution in [3.8, 4) is 17.6 Å². The monoisotopic (exact) mass is 416 g/mol. The molecule has 2 heterocycles. The number of methoxy groups -OCH3 is 1. The summed E-state index contributed by atoms with van der Waals surface area (Å²) in [7, 11) is 3.96. The molecule has 2 aliphatic heterocycles. The van der Waals surface area contributed by atoms with Crippen molar-refractivity contribution < 1.29 is 14.2 Å². The fourth-order valence-corrected chi connectivity index (χ4v) is 6.94. The molecule has 0 radical (unpaired) electrons. The average molecular weight is 417 g/mol. The van der Waals surface area contributed by atoms with E-state index < -0.39 is 0 Å². The lowest BCUT2D eigenvalue weighted by Gasteiger charge is -2.59. The molecule has 1 saturated heterocycles. The first-order valence-electron chi connectivity index (χ1n) is 11.3. The molecule has 0 amide bonds. The lowest BCUT2D eigenvalue weighted by molar-refractivity contribution is -0.127. The van der Waals surface area contributed by atoms with Crippen LogP contribution in [0.3, 0.4) is 0 Å². The Morgan fingerprint density at radius 2 is 2.06 bits per heavy atom. The van der Waals surface area contributed by atoms with E-state index in [4.69, 9.17) is 14.2 Å². The number of rotatable bonds is 4. The van der Waals surface area contributed by atoms with Crippen molar-refractivity contribution in [2.75, 3.05) is 20.7 Å². The molecule has 5 nitrogen and oxygen atoms in total. The molecule has 2 aromatic rings. The molecule has 160 valence electrons. The van der Waals surface area contributed by atoms with Crippen LogP contribution in [0.2, 0.25) is 0 Å². The Morgan fingerprint density at radius 3 is 2.84 bits per heavy atom. The summed E-state index contributed by atoms with van der Waals surface area (Å²) in [6.07, 6.45) is 2.57. The molecule has 2 aromatic carbocycles. The van der Waals surface area contributed by atoms with Crippen LogP contribution in [-0.2, 0) is 23.2 Å². The van der Waals surface area contributed by atoms with E-state index in [9.17, 15) is 5.26 Å². The maximum Gasteiger partial charge on any atom is 0.165 e. The second-order valence-electron chi connectivity index (χ2n) is 9.56. The Hall–Kier alpha value is -2.55. The summed E-state index contributed by atoms with van der Waals surface area (Å²) in [5.74, 6) is 1.97. The zero-order valence-electron chi connectivity index (χ0n) is 18.1. The molecule has 1 saturated carbocycles. The minimum absolute atomic E-state index is 0.0831. The number of benzene rings is 2. The van der Waals surface area contributed by atoms with Gasteiger partial charge in [0.25, 0.3) is 0 Å². The number of hydrogen-bond donors (Lipinski definition) is 0. The van der Waals surface area contributed by atoms with E-state index in [1.54, 1.807) is 7.11 Å². The van der Waals surface area contributed by atoms with Crippen LogP contribution in [0, 0.1) is 23.2 Å². The smallest absolute Gasteiger partial charge is 0.165 e. The van der Waals surface area contributed by atoms with Crippen molar-refractivity contribution in [1.29, 1.82) is 5.26 Å². The second-order valence-corrected chi connectivity index (χ2v) is 9.56. The average Bonchev–Trinajstić information content (AvgIpc) is 3.15. The lowest BCUT2D eigenvalue weighted by atomic mass is 9.50. The number of hydrogen-bond acceptors (Lipinski definition) is 5. The highest BCUT2D eigenvalue weighted by Gasteiger charge is 2.67. The molecule has 0 aromatic heterocycles. The summed E-state index contributed by atoms with van der Waals surface area (Å²) < 4.78 is 19.0. The zero-order valence-corrected chi connectivity index (χ0v) is 18.1. The van der Waals surface area contributed by atoms with Crippen LogP contribution >= 0.6 is 0 Å². The summed E-state index contributed by atoms with van der Waals surface area (Å²) in [4.78, 5) is 2.50. The van der Waals surface area contributed by atoms with Crippen molar-refractivity contribution in [3.05, 3.63) is 59.2 Å². The molecule has 6 atom stereocenters. The van der Waals surface area contributed by atoms with E-state index in [-0.39, 0.29) is 23.5 Å². The van der Waals surface area contributed by atoms with Gasteiger partial charge < -0.3 is 19.1 Å². The summed E-state index contributed by atoms with van der Waals surface area (Å²) in [5.41, 5.74) is 3.77. The van der Waals surface area contributed by atoms with E-state index >= 15 is 0 Å². The first-order valence-corrected chi connectivity index (χ1v) is 11.3. The van der Waals surface area contributed by atoms with E-state index in [2.05, 4.69) is 42.3 Å². The summed E-state index contributed by atoms with van der Waals surface area (Å²) in [5, 5.41) is 9.93. The van der Waals surface area contributed by atoms with E-state index in [0.717, 1.165) is 42.9 Å². The van der Waals surface area contributed by atoms with Gasteiger partial charge in [-0.25, -0.2) is 0 Å². The largest absolute Gasteiger partial charge is 0.485 e. The summed E-state index contributed by atoms with van der Waals surface area (Å²) >= 11 is 0. The Labute approximate surface area is 183 Å². The summed E-state index contributed by atoms with van der Waals surface area (Å²) in [6, 6.07) is 17.5. The van der Waals surface area contributed by atoms with Crippen molar-refractivity contribution in [1.82, 2.24) is 4.90 Å². The Kier molecular flexibility index (Phi) is 4.31. The molecule has 2 aliphatic carbocycles. The minimum atomic E-state index is -0.217. The van der Waals surface area contributed by atoms with Crippen LogP contribution in [0.25, 0.3) is 0 Å². The fraction of sp³-hybridized carbons (Fsp3) is 0.500. The predicted molar refractivity (Wildman–Crippen MR) is 116 cm³/mol. The number of nitrogens with zero attached hydrogens (tertiary/aromatic N) is 2. The zero-order chi connectivity index (χ0) is 21.2. The third kappa shape index (κ3) is 2.55. The third-order valence-corrected chi connectivity index (χ3v) is 8.30. The number of nitriles is 1. The van der Waals surface area contributed by atoms with Crippen molar-refractivity contribution in [2.45, 2.75) is 49.5 Å². The summed E-state index contributed by atoms with van der Waals surface area (Å²) in [6.45, 7) is 1.56. The molecule has 1 spiro atoms. The van der Waals surface area contributed by atoms with E-state index in [1.165, 1.54) is 11.1 Å². The van der Waals surface area contributed by atoms with Gasteiger partial charge in [0.05, 0.1) is 12.0 Å². The van der Waals surface area contributed by atoms with Gasteiger partial charge in [0.15, 0.2) is 11.5 Å². The topological polar surface area (TPSA) is 54.7 Å². The van der Waals surface area contributed by atoms with Crippen LogP contribution in [0.15, 0.2) is 42.5 Å². The van der Waals surface area contributed by atoms with Gasteiger partial charge in [0.2, 0.25) is 0 Å². The highest BCUT2D eigenvalue weighted by Crippen LogP contribution is 2.64. The van der Waals surface area contributed by atoms with Gasteiger partial charge in [-0.15, -0.1) is 0 Å². The molecule has 31 heavy (non-hydrogen) atoms. The van der Waals surface area contributed by atoms with Crippen molar-refractivity contribution >= 4 is 0 Å². The van der Waals surface area contributed by atoms with Gasteiger partial charge in [-0.2, -0.15) is 5.26 Å². The second kappa shape index (κ2) is 6.98. The van der Waals surface area contributed by atoms with Gasteiger partial charge in [0, 0.05) is 24.1 Å². The molecule has 6 rings (SSSR count). The van der Waals surface area contributed by atoms with Crippen LogP contribution in [0.1, 0.15) is 29.5 Å². The molecule has 5 heteroatoms. The number of likely N-dealkylation sites (N-methyl/N-ethyl adjacent to an activating group) is 1. The van der Waals surface area contributed by atoms with Crippen LogP contribution in [-0.4, -0.2) is 43.9 Å². The quantitative estimate of drug-likeness (QED) is 0.761.